The zero-order chi connectivity index (χ0) is 15.2. The molecule has 0 atom stereocenters. The molecular formula is C15H20N4O2. The molecule has 0 aliphatic heterocycles. The van der Waals surface area contributed by atoms with Gasteiger partial charge >= 0.3 is 0 Å². The van der Waals surface area contributed by atoms with E-state index in [9.17, 15) is 4.79 Å². The maximum atomic E-state index is 11.5. The van der Waals surface area contributed by atoms with E-state index in [0.29, 0.717) is 18.7 Å². The fraction of sp³-hybridized carbons (Fsp3) is 0.400. The van der Waals surface area contributed by atoms with Crippen LogP contribution in [0.5, 0.6) is 5.75 Å². The van der Waals surface area contributed by atoms with Crippen molar-refractivity contribution >= 4 is 5.78 Å². The first-order chi connectivity index (χ1) is 10.1. The molecule has 112 valence electrons. The third kappa shape index (κ3) is 3.88. The zero-order valence-corrected chi connectivity index (χ0v) is 12.6. The lowest BCUT2D eigenvalue weighted by atomic mass is 10.1. The first-order valence-corrected chi connectivity index (χ1v) is 6.91. The summed E-state index contributed by atoms with van der Waals surface area (Å²) in [4.78, 5) is 11.5. The van der Waals surface area contributed by atoms with Crippen LogP contribution < -0.4 is 10.1 Å². The predicted octanol–water partition coefficient (Wildman–Crippen LogP) is 1.65. The van der Waals surface area contributed by atoms with Crippen molar-refractivity contribution in [3.05, 3.63) is 41.2 Å². The Kier molecular flexibility index (Phi) is 5.05. The van der Waals surface area contributed by atoms with Gasteiger partial charge in [-0.3, -0.25) is 4.79 Å². The van der Waals surface area contributed by atoms with Crippen LogP contribution in [0.4, 0.5) is 0 Å². The second kappa shape index (κ2) is 6.99. The molecule has 0 aliphatic carbocycles. The quantitative estimate of drug-likeness (QED) is 0.785. The van der Waals surface area contributed by atoms with Crippen molar-refractivity contribution in [3.63, 3.8) is 0 Å². The molecule has 0 radical (unpaired) electrons. The van der Waals surface area contributed by atoms with Gasteiger partial charge in [-0.2, -0.15) is 0 Å². The zero-order valence-electron chi connectivity index (χ0n) is 12.6. The molecule has 1 aromatic carbocycles. The highest BCUT2D eigenvalue weighted by molar-refractivity contribution is 5.94. The molecule has 21 heavy (non-hydrogen) atoms. The molecule has 0 saturated carbocycles. The molecule has 0 aliphatic rings. The maximum Gasteiger partial charge on any atom is 0.159 e. The summed E-state index contributed by atoms with van der Waals surface area (Å²) in [5, 5.41) is 11.4. The molecule has 2 aromatic rings. The van der Waals surface area contributed by atoms with Gasteiger partial charge in [0.1, 0.15) is 5.75 Å². The Morgan fingerprint density at radius 1 is 1.43 bits per heavy atom. The van der Waals surface area contributed by atoms with Crippen molar-refractivity contribution in [3.8, 4) is 5.75 Å². The van der Waals surface area contributed by atoms with Gasteiger partial charge in [0.25, 0.3) is 0 Å². The summed E-state index contributed by atoms with van der Waals surface area (Å²) < 4.78 is 7.08. The van der Waals surface area contributed by atoms with Gasteiger partial charge in [0.05, 0.1) is 25.5 Å². The van der Waals surface area contributed by atoms with Crippen molar-refractivity contribution in [1.29, 1.82) is 0 Å². The smallest absolute Gasteiger partial charge is 0.159 e. The maximum absolute atomic E-state index is 11.5. The minimum absolute atomic E-state index is 0.0327. The fourth-order valence-corrected chi connectivity index (χ4v) is 2.05. The molecule has 0 bridgehead atoms. The SMILES string of the molecule is CCNCc1cn(Cc2cc(C(C)=O)ccc2OC)nn1. The summed E-state index contributed by atoms with van der Waals surface area (Å²) in [6.07, 6.45) is 1.89. The number of rotatable bonds is 7. The predicted molar refractivity (Wildman–Crippen MR) is 79.5 cm³/mol. The van der Waals surface area contributed by atoms with E-state index in [-0.39, 0.29) is 5.78 Å². The lowest BCUT2D eigenvalue weighted by molar-refractivity contribution is 0.101. The monoisotopic (exact) mass is 288 g/mol. The normalized spacial score (nSPS) is 10.6. The number of nitrogens with one attached hydrogen (secondary N) is 1. The highest BCUT2D eigenvalue weighted by Crippen LogP contribution is 2.21. The van der Waals surface area contributed by atoms with Crippen LogP contribution in [0.25, 0.3) is 0 Å². The number of ketones is 1. The van der Waals surface area contributed by atoms with Crippen molar-refractivity contribution in [1.82, 2.24) is 20.3 Å². The standard InChI is InChI=1S/C15H20N4O2/c1-4-16-8-14-10-19(18-17-14)9-13-7-12(11(2)20)5-6-15(13)21-3/h5-7,10,16H,4,8-9H2,1-3H3. The van der Waals surface area contributed by atoms with Gasteiger partial charge in [0.2, 0.25) is 0 Å². The van der Waals surface area contributed by atoms with Gasteiger partial charge in [-0.15, -0.1) is 5.10 Å². The van der Waals surface area contributed by atoms with E-state index >= 15 is 0 Å². The average molecular weight is 288 g/mol. The third-order valence-electron chi connectivity index (χ3n) is 3.16. The van der Waals surface area contributed by atoms with Crippen molar-refractivity contribution in [2.24, 2.45) is 0 Å². The number of hydrogen-bond acceptors (Lipinski definition) is 5. The molecule has 0 amide bonds. The van der Waals surface area contributed by atoms with Crippen LogP contribution in [0.15, 0.2) is 24.4 Å². The number of ether oxygens (including phenoxy) is 1. The highest BCUT2D eigenvalue weighted by atomic mass is 16.5. The Bertz CT molecular complexity index is 622. The van der Waals surface area contributed by atoms with Crippen molar-refractivity contribution in [2.45, 2.75) is 26.9 Å². The summed E-state index contributed by atoms with van der Waals surface area (Å²) in [6, 6.07) is 5.41. The van der Waals surface area contributed by atoms with Crippen LogP contribution in [-0.4, -0.2) is 34.4 Å². The molecule has 6 heteroatoms. The minimum Gasteiger partial charge on any atom is -0.496 e. The molecule has 1 N–H and O–H groups in total. The fourth-order valence-electron chi connectivity index (χ4n) is 2.05. The number of nitrogens with zero attached hydrogens (tertiary/aromatic N) is 3. The lowest BCUT2D eigenvalue weighted by Gasteiger charge is -2.09. The van der Waals surface area contributed by atoms with Crippen LogP contribution in [0.3, 0.4) is 0 Å². The number of carbonyl (C=O) groups is 1. The molecule has 6 nitrogen and oxygen atoms in total. The summed E-state index contributed by atoms with van der Waals surface area (Å²) in [6.45, 7) is 5.70. The number of hydrogen-bond donors (Lipinski definition) is 1. The molecule has 0 fully saturated rings. The Hall–Kier alpha value is -2.21. The number of carbonyl (C=O) groups excluding carboxylic acids is 1. The molecule has 0 unspecified atom stereocenters. The van der Waals surface area contributed by atoms with E-state index in [1.165, 1.54) is 0 Å². The minimum atomic E-state index is 0.0327. The molecule has 1 heterocycles. The number of benzene rings is 1. The summed E-state index contributed by atoms with van der Waals surface area (Å²) in [7, 11) is 1.62. The largest absolute Gasteiger partial charge is 0.496 e. The van der Waals surface area contributed by atoms with Crippen LogP contribution >= 0.6 is 0 Å². The third-order valence-corrected chi connectivity index (χ3v) is 3.16. The van der Waals surface area contributed by atoms with E-state index in [4.69, 9.17) is 4.74 Å². The summed E-state index contributed by atoms with van der Waals surface area (Å²) >= 11 is 0. The van der Waals surface area contributed by atoms with E-state index in [0.717, 1.165) is 23.6 Å². The topological polar surface area (TPSA) is 69.0 Å². The second-order valence-electron chi connectivity index (χ2n) is 4.77. The highest BCUT2D eigenvalue weighted by Gasteiger charge is 2.09. The van der Waals surface area contributed by atoms with E-state index in [1.807, 2.05) is 25.3 Å². The number of methoxy groups -OCH3 is 1. The molecule has 0 saturated heterocycles. The van der Waals surface area contributed by atoms with Crippen LogP contribution in [0.2, 0.25) is 0 Å². The molecule has 1 aromatic heterocycles. The van der Waals surface area contributed by atoms with Crippen LogP contribution in [0.1, 0.15) is 35.5 Å². The van der Waals surface area contributed by atoms with Crippen molar-refractivity contribution in [2.75, 3.05) is 13.7 Å². The Morgan fingerprint density at radius 2 is 2.24 bits per heavy atom. The number of Topliss-reactive ketones (excluding diaryl/α,β-unsaturated/α-hetero) is 1. The first kappa shape index (κ1) is 15.2. The van der Waals surface area contributed by atoms with Gasteiger partial charge in [-0.05, 0) is 31.7 Å². The van der Waals surface area contributed by atoms with E-state index in [1.54, 1.807) is 24.8 Å². The van der Waals surface area contributed by atoms with Gasteiger partial charge < -0.3 is 10.1 Å². The number of aromatic nitrogens is 3. The summed E-state index contributed by atoms with van der Waals surface area (Å²) in [5.41, 5.74) is 2.46. The van der Waals surface area contributed by atoms with Gasteiger partial charge in [-0.25, -0.2) is 4.68 Å². The lowest BCUT2D eigenvalue weighted by Crippen LogP contribution is -2.11. The van der Waals surface area contributed by atoms with Gasteiger partial charge in [0.15, 0.2) is 5.78 Å². The van der Waals surface area contributed by atoms with Crippen molar-refractivity contribution < 1.29 is 9.53 Å². The Labute approximate surface area is 124 Å². The van der Waals surface area contributed by atoms with E-state index < -0.39 is 0 Å². The Balaban J connectivity index is 2.19. The Morgan fingerprint density at radius 3 is 2.90 bits per heavy atom. The first-order valence-electron chi connectivity index (χ1n) is 6.91. The van der Waals surface area contributed by atoms with Gasteiger partial charge in [0, 0.05) is 17.7 Å². The molecule has 0 spiro atoms. The van der Waals surface area contributed by atoms with Crippen LogP contribution in [0, 0.1) is 0 Å². The van der Waals surface area contributed by atoms with Crippen LogP contribution in [-0.2, 0) is 13.1 Å². The van der Waals surface area contributed by atoms with E-state index in [2.05, 4.69) is 15.6 Å². The average Bonchev–Trinajstić information content (AvgIpc) is 2.92. The second-order valence-corrected chi connectivity index (χ2v) is 4.77. The van der Waals surface area contributed by atoms with Gasteiger partial charge in [-0.1, -0.05) is 12.1 Å². The molecule has 2 rings (SSSR count). The molecular weight excluding hydrogens is 268 g/mol. The summed E-state index contributed by atoms with van der Waals surface area (Å²) in [5.74, 6) is 0.772.